The largest absolute Gasteiger partial charge is 0.512 e. The minimum absolute atomic E-state index is 0.0422. The Balaban J connectivity index is 2.56. The number of rotatable bonds is 11. The van der Waals surface area contributed by atoms with Crippen molar-refractivity contribution in [3.05, 3.63) is 70.3 Å². The zero-order valence-corrected chi connectivity index (χ0v) is 16.5. The van der Waals surface area contributed by atoms with Crippen molar-refractivity contribution in [2.75, 3.05) is 5.32 Å². The van der Waals surface area contributed by atoms with E-state index < -0.39 is 48.9 Å². The fourth-order valence-electron chi connectivity index (χ4n) is 3.18. The van der Waals surface area contributed by atoms with E-state index in [0.717, 1.165) is 0 Å². The molecule has 2 aromatic rings. The summed E-state index contributed by atoms with van der Waals surface area (Å²) in [6, 6.07) is 12.7. The van der Waals surface area contributed by atoms with Crippen LogP contribution in [0.4, 0.5) is 11.4 Å². The molecule has 4 N–H and O–H groups in total. The summed E-state index contributed by atoms with van der Waals surface area (Å²) < 4.78 is 12.3. The zero-order chi connectivity index (χ0) is 22.3. The minimum Gasteiger partial charge on any atom is -0.481 e. The van der Waals surface area contributed by atoms with Gasteiger partial charge in [-0.2, -0.15) is 4.89 Å². The van der Waals surface area contributed by atoms with Gasteiger partial charge in [0.15, 0.2) is 0 Å². The highest BCUT2D eigenvalue weighted by molar-refractivity contribution is 7.39. The number of anilines is 1. The van der Waals surface area contributed by atoms with Gasteiger partial charge in [0.1, 0.15) is 17.6 Å². The van der Waals surface area contributed by atoms with Gasteiger partial charge in [0.05, 0.1) is 4.92 Å². The molecule has 0 spiro atoms. The predicted octanol–water partition coefficient (Wildman–Crippen LogP) is 3.42. The second kappa shape index (κ2) is 10.4. The van der Waals surface area contributed by atoms with Crippen molar-refractivity contribution in [3.8, 4) is 0 Å². The van der Waals surface area contributed by atoms with Gasteiger partial charge in [0.25, 0.3) is 5.69 Å². The number of hydrogen-bond acceptors (Lipinski definition) is 6. The van der Waals surface area contributed by atoms with Crippen LogP contribution in [0.5, 0.6) is 0 Å². The van der Waals surface area contributed by atoms with Crippen LogP contribution in [0.1, 0.15) is 24.4 Å². The predicted molar refractivity (Wildman–Crippen MR) is 108 cm³/mol. The van der Waals surface area contributed by atoms with Gasteiger partial charge >= 0.3 is 20.0 Å². The summed E-state index contributed by atoms with van der Waals surface area (Å²) >= 11 is 0. The van der Waals surface area contributed by atoms with Gasteiger partial charge in [-0.15, -0.1) is 0 Å². The van der Waals surface area contributed by atoms with Crippen molar-refractivity contribution in [3.63, 3.8) is 0 Å². The first-order valence-corrected chi connectivity index (χ1v) is 10.1. The third-order valence-corrected chi connectivity index (χ3v) is 5.73. The molecule has 2 aromatic carbocycles. The van der Waals surface area contributed by atoms with E-state index >= 15 is 0 Å². The number of nitrogens with one attached hydrogen (secondary N) is 1. The van der Waals surface area contributed by atoms with Crippen LogP contribution in [0.2, 0.25) is 0 Å². The minimum atomic E-state index is -3.11. The van der Waals surface area contributed by atoms with Crippen molar-refractivity contribution in [2.24, 2.45) is 5.92 Å². The molecule has 0 saturated carbocycles. The third-order valence-electron chi connectivity index (χ3n) is 4.57. The van der Waals surface area contributed by atoms with Crippen molar-refractivity contribution in [2.45, 2.75) is 24.5 Å². The average Bonchev–Trinajstić information content (AvgIpc) is 2.70. The summed E-state index contributed by atoms with van der Waals surface area (Å²) in [5.41, 5.74) is -1.26. The molecule has 0 aliphatic carbocycles. The molecule has 11 heteroatoms. The summed E-state index contributed by atoms with van der Waals surface area (Å²) in [5, 5.41) is 32.8. The molecule has 0 heterocycles. The molecule has 158 valence electrons. The van der Waals surface area contributed by atoms with Crippen LogP contribution in [0.3, 0.4) is 0 Å². The number of aliphatic carboxylic acids is 2. The second-order valence-electron chi connectivity index (χ2n) is 6.48. The van der Waals surface area contributed by atoms with Crippen LogP contribution in [0.25, 0.3) is 0 Å². The fourth-order valence-corrected chi connectivity index (χ4v) is 4.27. The van der Waals surface area contributed by atoms with E-state index in [2.05, 4.69) is 5.32 Å². The molecule has 10 nitrogen and oxygen atoms in total. The molecule has 0 amide bonds. The molecule has 0 saturated heterocycles. The standard InChI is InChI=1S/C19H19N2O8P/c22-16(23)11-10-13(19(24)25)18(30(28)29)17(12-6-2-1-3-7-12)20-14-8-4-5-9-15(14)21(26)27/h1-9,13,17-18,20H,10-11H2,(H2-,22,23,24,25,28,29)/p+1. The number of carboxylic acid groups (broad SMARTS) is 2. The van der Waals surface area contributed by atoms with E-state index in [9.17, 15) is 34.3 Å². The molecule has 0 aliphatic rings. The van der Waals surface area contributed by atoms with Crippen LogP contribution in [-0.2, 0) is 14.2 Å². The monoisotopic (exact) mass is 435 g/mol. The lowest BCUT2D eigenvalue weighted by atomic mass is 9.90. The maximum atomic E-state index is 12.3. The Labute approximate surface area is 172 Å². The molecule has 30 heavy (non-hydrogen) atoms. The van der Waals surface area contributed by atoms with Crippen molar-refractivity contribution in [1.82, 2.24) is 0 Å². The summed E-state index contributed by atoms with van der Waals surface area (Å²) in [6.07, 6.45) is -0.886. The SMILES string of the molecule is O=C(O)CCC(C(=O)O)C(C(Nc1ccccc1[N+](=O)[O-])c1ccccc1)[P+](=O)O. The van der Waals surface area contributed by atoms with E-state index in [4.69, 9.17) is 5.11 Å². The van der Waals surface area contributed by atoms with Gasteiger partial charge in [-0.05, 0) is 22.6 Å². The average molecular weight is 435 g/mol. The summed E-state index contributed by atoms with van der Waals surface area (Å²) in [6.45, 7) is 0. The van der Waals surface area contributed by atoms with Gasteiger partial charge in [-0.25, -0.2) is 0 Å². The molecule has 2 rings (SSSR count). The number of carboxylic acids is 2. The van der Waals surface area contributed by atoms with Crippen molar-refractivity contribution < 1.29 is 34.2 Å². The van der Waals surface area contributed by atoms with Crippen molar-refractivity contribution in [1.29, 1.82) is 0 Å². The summed E-state index contributed by atoms with van der Waals surface area (Å²) in [4.78, 5) is 43.5. The first-order valence-electron chi connectivity index (χ1n) is 8.87. The lowest BCUT2D eigenvalue weighted by Crippen LogP contribution is -2.35. The number of benzene rings is 2. The molecule has 0 aromatic heterocycles. The molecule has 4 atom stereocenters. The second-order valence-corrected chi connectivity index (χ2v) is 7.68. The highest BCUT2D eigenvalue weighted by atomic mass is 31.1. The van der Waals surface area contributed by atoms with Gasteiger partial charge < -0.3 is 15.5 Å². The number of para-hydroxylation sites is 2. The molecule has 0 radical (unpaired) electrons. The van der Waals surface area contributed by atoms with E-state index in [1.54, 1.807) is 30.3 Å². The third kappa shape index (κ3) is 5.82. The molecular weight excluding hydrogens is 415 g/mol. The Morgan fingerprint density at radius 2 is 1.67 bits per heavy atom. The van der Waals surface area contributed by atoms with Crippen LogP contribution >= 0.6 is 8.03 Å². The van der Waals surface area contributed by atoms with E-state index in [-0.39, 0.29) is 17.8 Å². The normalized spacial score (nSPS) is 14.2. The number of carbonyl (C=O) groups is 2. The smallest absolute Gasteiger partial charge is 0.481 e. The lowest BCUT2D eigenvalue weighted by Gasteiger charge is -2.25. The number of nitrogens with zero attached hydrogens (tertiary/aromatic N) is 1. The molecular formula is C19H20N2O8P+. The van der Waals surface area contributed by atoms with E-state index in [0.29, 0.717) is 5.56 Å². The highest BCUT2D eigenvalue weighted by Gasteiger charge is 2.48. The molecule has 0 aliphatic heterocycles. The molecule has 0 bridgehead atoms. The Kier molecular flexibility index (Phi) is 7.97. The first kappa shape index (κ1) is 22.9. The summed E-state index contributed by atoms with van der Waals surface area (Å²) in [5.74, 6) is -4.14. The highest BCUT2D eigenvalue weighted by Crippen LogP contribution is 2.43. The maximum Gasteiger partial charge on any atom is 0.512 e. The molecule has 0 fully saturated rings. The van der Waals surface area contributed by atoms with Crippen LogP contribution in [0, 0.1) is 16.0 Å². The van der Waals surface area contributed by atoms with Gasteiger partial charge in [0, 0.05) is 12.5 Å². The maximum absolute atomic E-state index is 12.3. The topological polar surface area (TPSA) is 167 Å². The Hall–Kier alpha value is -3.36. The van der Waals surface area contributed by atoms with Gasteiger partial charge in [-0.3, -0.25) is 19.7 Å². The number of nitro groups is 1. The number of hydrogen-bond donors (Lipinski definition) is 4. The summed E-state index contributed by atoms with van der Waals surface area (Å²) in [7, 11) is -3.11. The van der Waals surface area contributed by atoms with Crippen LogP contribution in [0.15, 0.2) is 54.6 Å². The van der Waals surface area contributed by atoms with E-state index in [1.165, 1.54) is 24.3 Å². The van der Waals surface area contributed by atoms with Crippen LogP contribution in [-0.4, -0.2) is 37.6 Å². The Bertz CT molecular complexity index is 937. The quantitative estimate of drug-likeness (QED) is 0.235. The first-order chi connectivity index (χ1) is 14.2. The van der Waals surface area contributed by atoms with E-state index in [1.807, 2.05) is 0 Å². The fraction of sp³-hybridized carbons (Fsp3) is 0.263. The van der Waals surface area contributed by atoms with Crippen LogP contribution < -0.4 is 5.32 Å². The van der Waals surface area contributed by atoms with Gasteiger partial charge in [-0.1, -0.05) is 42.5 Å². The zero-order valence-electron chi connectivity index (χ0n) is 15.6. The molecule has 4 unspecified atom stereocenters. The van der Waals surface area contributed by atoms with Gasteiger partial charge in [0.2, 0.25) is 5.66 Å². The van der Waals surface area contributed by atoms with Crippen molar-refractivity contribution >= 4 is 31.3 Å². The number of nitro benzene ring substituents is 1. The Morgan fingerprint density at radius 3 is 2.20 bits per heavy atom. The lowest BCUT2D eigenvalue weighted by molar-refractivity contribution is -0.384. The Morgan fingerprint density at radius 1 is 1.07 bits per heavy atom.